The van der Waals surface area contributed by atoms with Gasteiger partial charge in [-0.15, -0.1) is 0 Å². The molecular weight excluding hydrogens is 516 g/mol. The molecule has 0 amide bonds. The minimum Gasteiger partial charge on any atom is -0.355 e. The maximum absolute atomic E-state index is 4.63. The Hall–Kier alpha value is -1.24. The minimum atomic E-state index is 0. The normalized spacial score (nSPS) is 10.9. The quantitative estimate of drug-likeness (QED) is 0.287. The van der Waals surface area contributed by atoms with Gasteiger partial charge in [0, 0.05) is 92.2 Å². The van der Waals surface area contributed by atoms with E-state index in [1.807, 2.05) is 48.6 Å². The van der Waals surface area contributed by atoms with E-state index >= 15 is 0 Å². The van der Waals surface area contributed by atoms with Gasteiger partial charge in [0.25, 0.3) is 0 Å². The zero-order chi connectivity index (χ0) is 15.9. The van der Waals surface area contributed by atoms with E-state index in [4.69, 9.17) is 0 Å². The van der Waals surface area contributed by atoms with Crippen LogP contribution in [-0.2, 0) is 70.1 Å². The average molecular weight is 530 g/mol. The summed E-state index contributed by atoms with van der Waals surface area (Å²) in [6.07, 6.45) is 8.09. The van der Waals surface area contributed by atoms with Gasteiger partial charge in [-0.1, -0.05) is 0 Å². The first-order valence-electron chi connectivity index (χ1n) is 7.85. The Morgan fingerprint density at radius 1 is 0.464 bits per heavy atom. The fourth-order valence-corrected chi connectivity index (χ4v) is 2.94. The van der Waals surface area contributed by atoms with E-state index < -0.39 is 0 Å². The summed E-state index contributed by atoms with van der Waals surface area (Å²) >= 11 is 0. The second kappa shape index (κ2) is 10.5. The van der Waals surface area contributed by atoms with Crippen molar-refractivity contribution < 1.29 is 70.1 Å². The summed E-state index contributed by atoms with van der Waals surface area (Å²) in [5.41, 5.74) is 7.86. The van der Waals surface area contributed by atoms with Crippen LogP contribution in [0.2, 0.25) is 0 Å². The first-order chi connectivity index (χ1) is 11.8. The van der Waals surface area contributed by atoms with Gasteiger partial charge in [-0.3, -0.25) is 0 Å². The number of aromatic nitrogens is 4. The molecule has 0 spiro atoms. The van der Waals surface area contributed by atoms with Crippen molar-refractivity contribution in [3.63, 3.8) is 0 Å². The van der Waals surface area contributed by atoms with Crippen LogP contribution in [0.1, 0.15) is 22.8 Å². The molecule has 8 heteroatoms. The van der Waals surface area contributed by atoms with E-state index in [0.717, 1.165) is 44.8 Å². The van der Waals surface area contributed by atoms with Crippen molar-refractivity contribution >= 4 is 46.4 Å². The van der Waals surface area contributed by atoms with Gasteiger partial charge >= 0.3 is 0 Å². The fourth-order valence-electron chi connectivity index (χ4n) is 2.94. The van der Waals surface area contributed by atoms with E-state index in [-0.39, 0.29) is 70.1 Å². The largest absolute Gasteiger partial charge is 0.355 e. The number of fused-ring (bicyclic) bond motifs is 8. The third kappa shape index (κ3) is 5.42. The molecule has 4 nitrogen and oxygen atoms in total. The maximum Gasteiger partial charge on any atom is 0.0658 e. The van der Waals surface area contributed by atoms with Crippen molar-refractivity contribution in [1.29, 1.82) is 0 Å². The van der Waals surface area contributed by atoms with E-state index in [9.17, 15) is 0 Å². The van der Waals surface area contributed by atoms with Gasteiger partial charge in [-0.25, -0.2) is 9.97 Å². The van der Waals surface area contributed by atoms with Crippen molar-refractivity contribution in [2.75, 3.05) is 0 Å². The number of H-pyrrole nitrogens is 2. The molecular formula is C20H14N4Ni2V2. The molecule has 3 aromatic rings. The summed E-state index contributed by atoms with van der Waals surface area (Å²) in [6.45, 7) is 0. The number of hydrogen-bond acceptors (Lipinski definition) is 2. The van der Waals surface area contributed by atoms with Crippen molar-refractivity contribution in [3.8, 4) is 0 Å². The average Bonchev–Trinajstić information content (AvgIpc) is 3.32. The molecule has 5 heterocycles. The zero-order valence-electron chi connectivity index (χ0n) is 14.3. The first-order valence-corrected chi connectivity index (χ1v) is 7.85. The van der Waals surface area contributed by atoms with Crippen LogP contribution >= 0.6 is 0 Å². The molecule has 28 heavy (non-hydrogen) atoms. The standard InChI is InChI=1S/C20H14N4.2Ni.2V/c1-2-14-10-16-5-6-18(23-16)12-20-8-7-19(24-20)11-17-4-3-15(22-17)9-13(1)21-14;;;;/h1-12,21,24H;;;;. The van der Waals surface area contributed by atoms with E-state index in [2.05, 4.69) is 44.2 Å². The third-order valence-electron chi connectivity index (χ3n) is 4.04. The Morgan fingerprint density at radius 2 is 0.714 bits per heavy atom. The van der Waals surface area contributed by atoms with Crippen LogP contribution in [0.5, 0.6) is 0 Å². The van der Waals surface area contributed by atoms with Gasteiger partial charge in [-0.2, -0.15) is 0 Å². The van der Waals surface area contributed by atoms with Crippen LogP contribution in [-0.4, -0.2) is 19.9 Å². The van der Waals surface area contributed by atoms with Crippen molar-refractivity contribution in [3.05, 3.63) is 71.3 Å². The van der Waals surface area contributed by atoms with Crippen molar-refractivity contribution in [2.45, 2.75) is 0 Å². The molecule has 2 radical (unpaired) electrons. The fraction of sp³-hybridized carbons (Fsp3) is 0. The monoisotopic (exact) mass is 528 g/mol. The van der Waals surface area contributed by atoms with Crippen molar-refractivity contribution in [1.82, 2.24) is 19.9 Å². The van der Waals surface area contributed by atoms with Gasteiger partial charge in [0.15, 0.2) is 0 Å². The third-order valence-corrected chi connectivity index (χ3v) is 4.04. The second-order valence-corrected chi connectivity index (χ2v) is 5.91. The number of aromatic amines is 2. The Balaban J connectivity index is 0.000000980. The van der Waals surface area contributed by atoms with Crippen LogP contribution < -0.4 is 0 Å². The topological polar surface area (TPSA) is 57.4 Å². The molecule has 0 aromatic carbocycles. The van der Waals surface area contributed by atoms with Crippen LogP contribution in [0.4, 0.5) is 0 Å². The van der Waals surface area contributed by atoms with E-state index in [1.165, 1.54) is 0 Å². The van der Waals surface area contributed by atoms with Gasteiger partial charge in [-0.05, 0) is 72.8 Å². The predicted octanol–water partition coefficient (Wildman–Crippen LogP) is 4.65. The molecule has 2 N–H and O–H groups in total. The molecule has 8 bridgehead atoms. The summed E-state index contributed by atoms with van der Waals surface area (Å²) in [5, 5.41) is 0. The van der Waals surface area contributed by atoms with Crippen LogP contribution in [0.15, 0.2) is 48.5 Å². The molecule has 144 valence electrons. The number of nitrogens with zero attached hydrogens (tertiary/aromatic N) is 2. The molecule has 5 rings (SSSR count). The number of nitrogens with one attached hydrogen (secondary N) is 2. The predicted molar refractivity (Wildman–Crippen MR) is 98.9 cm³/mol. The maximum atomic E-state index is 4.63. The van der Waals surface area contributed by atoms with Gasteiger partial charge in [0.05, 0.1) is 22.8 Å². The van der Waals surface area contributed by atoms with Crippen molar-refractivity contribution in [2.24, 2.45) is 0 Å². The molecule has 2 aliphatic rings. The first kappa shape index (κ1) is 24.8. The summed E-state index contributed by atoms with van der Waals surface area (Å²) in [7, 11) is 0. The summed E-state index contributed by atoms with van der Waals surface area (Å²) < 4.78 is 0. The molecule has 0 saturated heterocycles. The van der Waals surface area contributed by atoms with Gasteiger partial charge < -0.3 is 9.97 Å². The molecule has 0 aliphatic carbocycles. The Labute approximate surface area is 206 Å². The van der Waals surface area contributed by atoms with Gasteiger partial charge in [0.2, 0.25) is 0 Å². The smallest absolute Gasteiger partial charge is 0.0658 e. The molecule has 2 aliphatic heterocycles. The second-order valence-electron chi connectivity index (χ2n) is 5.91. The van der Waals surface area contributed by atoms with Crippen LogP contribution in [0.25, 0.3) is 46.4 Å². The van der Waals surface area contributed by atoms with Gasteiger partial charge in [0.1, 0.15) is 0 Å². The molecule has 3 aromatic heterocycles. The van der Waals surface area contributed by atoms with Crippen LogP contribution in [0, 0.1) is 0 Å². The zero-order valence-corrected chi connectivity index (χ0v) is 19.1. The minimum absolute atomic E-state index is 0. The van der Waals surface area contributed by atoms with E-state index in [0.29, 0.717) is 0 Å². The van der Waals surface area contributed by atoms with E-state index in [1.54, 1.807) is 0 Å². The summed E-state index contributed by atoms with van der Waals surface area (Å²) in [6, 6.07) is 16.4. The Kier molecular flexibility index (Phi) is 9.31. The molecule has 0 unspecified atom stereocenters. The summed E-state index contributed by atoms with van der Waals surface area (Å²) in [4.78, 5) is 16.0. The van der Waals surface area contributed by atoms with Crippen LogP contribution in [0.3, 0.4) is 0 Å². The number of rotatable bonds is 0. The molecule has 0 saturated carbocycles. The number of hydrogen-bond donors (Lipinski definition) is 2. The molecule has 0 fully saturated rings. The summed E-state index contributed by atoms with van der Waals surface area (Å²) in [5.74, 6) is 0. The Morgan fingerprint density at radius 3 is 0.964 bits per heavy atom. The SMILES string of the molecule is C1=Cc2cc3ccc(cc4nc(cc5ccc(cc1n2)[nH]5)C=C4)[nH]3.[Ni].[Ni].[V].[V]. The Bertz CT molecular complexity index is 1000. The molecule has 0 atom stereocenters.